The number of aromatic nitrogens is 2. The first-order valence-corrected chi connectivity index (χ1v) is 9.55. The third kappa shape index (κ3) is 6.44. The molecule has 1 fully saturated rings. The predicted octanol–water partition coefficient (Wildman–Crippen LogP) is 3.30. The molecule has 0 aliphatic carbocycles. The number of ether oxygens (including phenoxy) is 1. The minimum Gasteiger partial charge on any atom is -0.373 e. The number of guanidine groups is 1. The van der Waals surface area contributed by atoms with Gasteiger partial charge in [0.25, 0.3) is 0 Å². The van der Waals surface area contributed by atoms with Crippen LogP contribution in [-0.2, 0) is 11.2 Å². The summed E-state index contributed by atoms with van der Waals surface area (Å²) in [7, 11) is 0. The van der Waals surface area contributed by atoms with E-state index in [1.54, 1.807) is 16.8 Å². The van der Waals surface area contributed by atoms with Gasteiger partial charge in [-0.2, -0.15) is 5.10 Å². The summed E-state index contributed by atoms with van der Waals surface area (Å²) in [5.41, 5.74) is 1.67. The van der Waals surface area contributed by atoms with Crippen LogP contribution in [0.4, 0.5) is 4.39 Å². The number of hydrogen-bond acceptors (Lipinski definition) is 3. The molecular weight excluding hydrogens is 472 g/mol. The van der Waals surface area contributed by atoms with Crippen molar-refractivity contribution in [2.24, 2.45) is 4.99 Å². The molecule has 1 aromatic heterocycles. The van der Waals surface area contributed by atoms with Crippen molar-refractivity contribution in [1.29, 1.82) is 0 Å². The van der Waals surface area contributed by atoms with E-state index in [0.717, 1.165) is 56.3 Å². The molecule has 2 heterocycles. The Hall–Kier alpha value is -1.68. The van der Waals surface area contributed by atoms with E-state index < -0.39 is 0 Å². The Balaban J connectivity index is 0.00000280. The highest BCUT2D eigenvalue weighted by Crippen LogP contribution is 2.24. The first-order chi connectivity index (χ1) is 13.1. The van der Waals surface area contributed by atoms with Crippen LogP contribution in [0.3, 0.4) is 0 Å². The Bertz CT molecular complexity index is 756. The second-order valence-electron chi connectivity index (χ2n) is 7.00. The second-order valence-corrected chi connectivity index (χ2v) is 7.00. The lowest BCUT2D eigenvalue weighted by Crippen LogP contribution is -2.40. The predicted molar refractivity (Wildman–Crippen MR) is 120 cm³/mol. The molecule has 1 aliphatic heterocycles. The van der Waals surface area contributed by atoms with E-state index in [-0.39, 0.29) is 35.4 Å². The van der Waals surface area contributed by atoms with Crippen molar-refractivity contribution in [1.82, 2.24) is 20.4 Å². The van der Waals surface area contributed by atoms with Crippen molar-refractivity contribution in [3.63, 3.8) is 0 Å². The van der Waals surface area contributed by atoms with Crippen molar-refractivity contribution in [3.8, 4) is 5.69 Å². The summed E-state index contributed by atoms with van der Waals surface area (Å²) in [4.78, 5) is 4.67. The minimum atomic E-state index is -0.248. The van der Waals surface area contributed by atoms with Gasteiger partial charge in [0.15, 0.2) is 5.96 Å². The zero-order valence-corrected chi connectivity index (χ0v) is 18.8. The largest absolute Gasteiger partial charge is 0.373 e. The van der Waals surface area contributed by atoms with Gasteiger partial charge >= 0.3 is 0 Å². The summed E-state index contributed by atoms with van der Waals surface area (Å²) in [6, 6.07) is 8.28. The molecule has 0 amide bonds. The maximum absolute atomic E-state index is 13.0. The van der Waals surface area contributed by atoms with Crippen molar-refractivity contribution in [3.05, 3.63) is 48.0 Å². The number of halogens is 2. The van der Waals surface area contributed by atoms with E-state index in [4.69, 9.17) is 4.74 Å². The topological polar surface area (TPSA) is 63.5 Å². The fourth-order valence-corrected chi connectivity index (χ4v) is 3.09. The van der Waals surface area contributed by atoms with Crippen LogP contribution in [0.5, 0.6) is 0 Å². The Labute approximate surface area is 183 Å². The van der Waals surface area contributed by atoms with Crippen LogP contribution in [-0.4, -0.2) is 47.6 Å². The van der Waals surface area contributed by atoms with Crippen molar-refractivity contribution in [2.45, 2.75) is 38.7 Å². The van der Waals surface area contributed by atoms with Gasteiger partial charge in [-0.15, -0.1) is 24.0 Å². The quantitative estimate of drug-likeness (QED) is 0.347. The van der Waals surface area contributed by atoms with Crippen LogP contribution in [0, 0.1) is 5.82 Å². The van der Waals surface area contributed by atoms with Crippen molar-refractivity contribution < 1.29 is 9.13 Å². The zero-order valence-electron chi connectivity index (χ0n) is 16.4. The zero-order chi connectivity index (χ0) is 19.1. The van der Waals surface area contributed by atoms with E-state index in [9.17, 15) is 4.39 Å². The Kier molecular flexibility index (Phi) is 8.68. The highest BCUT2D eigenvalue weighted by atomic mass is 127. The SMILES string of the molecule is CCNC(=NCC1(C)CCCO1)NCCc1ccn(-c2ccc(F)cc2)n1.I. The highest BCUT2D eigenvalue weighted by molar-refractivity contribution is 14.0. The van der Waals surface area contributed by atoms with Gasteiger partial charge in [0, 0.05) is 32.3 Å². The van der Waals surface area contributed by atoms with Gasteiger partial charge in [-0.1, -0.05) is 0 Å². The van der Waals surface area contributed by atoms with Crippen LogP contribution in [0.25, 0.3) is 5.69 Å². The van der Waals surface area contributed by atoms with Gasteiger partial charge in [-0.05, 0) is 57.0 Å². The van der Waals surface area contributed by atoms with Gasteiger partial charge in [-0.3, -0.25) is 4.99 Å². The molecule has 1 aliphatic rings. The molecular formula is C20H29FIN5O. The van der Waals surface area contributed by atoms with Crippen LogP contribution in [0.1, 0.15) is 32.4 Å². The van der Waals surface area contributed by atoms with Gasteiger partial charge in [-0.25, -0.2) is 9.07 Å². The molecule has 2 aromatic rings. The number of nitrogens with zero attached hydrogens (tertiary/aromatic N) is 3. The van der Waals surface area contributed by atoms with Crippen molar-refractivity contribution in [2.75, 3.05) is 26.2 Å². The Morgan fingerprint density at radius 3 is 2.75 bits per heavy atom. The fourth-order valence-electron chi connectivity index (χ4n) is 3.09. The molecule has 28 heavy (non-hydrogen) atoms. The average molecular weight is 501 g/mol. The van der Waals surface area contributed by atoms with E-state index in [2.05, 4.69) is 34.6 Å². The molecule has 154 valence electrons. The third-order valence-corrected chi connectivity index (χ3v) is 4.63. The smallest absolute Gasteiger partial charge is 0.191 e. The maximum Gasteiger partial charge on any atom is 0.191 e. The molecule has 1 aromatic carbocycles. The molecule has 0 radical (unpaired) electrons. The highest BCUT2D eigenvalue weighted by Gasteiger charge is 2.29. The molecule has 2 N–H and O–H groups in total. The minimum absolute atomic E-state index is 0. The molecule has 0 bridgehead atoms. The Morgan fingerprint density at radius 2 is 2.07 bits per heavy atom. The summed E-state index contributed by atoms with van der Waals surface area (Å²) < 4.78 is 20.6. The summed E-state index contributed by atoms with van der Waals surface area (Å²) in [6.45, 7) is 7.19. The maximum atomic E-state index is 13.0. The Morgan fingerprint density at radius 1 is 1.29 bits per heavy atom. The number of rotatable bonds is 7. The van der Waals surface area contributed by atoms with Gasteiger partial charge in [0.1, 0.15) is 5.82 Å². The van der Waals surface area contributed by atoms with Gasteiger partial charge in [0.05, 0.1) is 23.5 Å². The molecule has 1 saturated heterocycles. The molecule has 3 rings (SSSR count). The summed E-state index contributed by atoms with van der Waals surface area (Å²) >= 11 is 0. The van der Waals surface area contributed by atoms with Crippen LogP contribution in [0.15, 0.2) is 41.5 Å². The normalized spacial score (nSPS) is 19.3. The summed E-state index contributed by atoms with van der Waals surface area (Å²) in [6.07, 6.45) is 4.82. The van der Waals surface area contributed by atoms with E-state index >= 15 is 0 Å². The molecule has 0 saturated carbocycles. The van der Waals surface area contributed by atoms with Gasteiger partial charge in [0.2, 0.25) is 0 Å². The van der Waals surface area contributed by atoms with E-state index in [1.165, 1.54) is 12.1 Å². The van der Waals surface area contributed by atoms with E-state index in [1.807, 2.05) is 12.3 Å². The number of nitrogens with one attached hydrogen (secondary N) is 2. The monoisotopic (exact) mass is 501 g/mol. The lowest BCUT2D eigenvalue weighted by Gasteiger charge is -2.21. The molecule has 1 atom stereocenters. The lowest BCUT2D eigenvalue weighted by molar-refractivity contribution is 0.0283. The van der Waals surface area contributed by atoms with E-state index in [0.29, 0.717) is 6.54 Å². The van der Waals surface area contributed by atoms with Crippen LogP contribution >= 0.6 is 24.0 Å². The summed E-state index contributed by atoms with van der Waals surface area (Å²) in [5, 5.41) is 11.2. The second kappa shape index (κ2) is 10.8. The van der Waals surface area contributed by atoms with Gasteiger partial charge < -0.3 is 15.4 Å². The standard InChI is InChI=1S/C20H28FN5O.HI/c1-3-22-19(24-15-20(2)11-4-14-27-20)23-12-9-17-10-13-26(25-17)18-7-5-16(21)6-8-18;/h5-8,10,13H,3-4,9,11-12,14-15H2,1-2H3,(H2,22,23,24);1H. The molecule has 0 spiro atoms. The molecule has 8 heteroatoms. The van der Waals surface area contributed by atoms with Crippen LogP contribution in [0.2, 0.25) is 0 Å². The van der Waals surface area contributed by atoms with Crippen LogP contribution < -0.4 is 10.6 Å². The number of aliphatic imine (C=N–C) groups is 1. The molecule has 1 unspecified atom stereocenters. The molecule has 6 nitrogen and oxygen atoms in total. The number of benzene rings is 1. The fraction of sp³-hybridized carbons (Fsp3) is 0.500. The van der Waals surface area contributed by atoms with Crippen molar-refractivity contribution >= 4 is 29.9 Å². The average Bonchev–Trinajstić information content (AvgIpc) is 3.30. The summed E-state index contributed by atoms with van der Waals surface area (Å²) in [5.74, 6) is 0.551. The lowest BCUT2D eigenvalue weighted by atomic mass is 10.0. The first-order valence-electron chi connectivity index (χ1n) is 9.55. The third-order valence-electron chi connectivity index (χ3n) is 4.63. The number of hydrogen-bond donors (Lipinski definition) is 2. The first kappa shape index (κ1) is 22.6.